The van der Waals surface area contributed by atoms with E-state index in [1.54, 1.807) is 0 Å². The number of hydrogen-bond acceptors (Lipinski definition) is 2. The van der Waals surface area contributed by atoms with Crippen LogP contribution in [0, 0.1) is 16.7 Å². The van der Waals surface area contributed by atoms with Crippen molar-refractivity contribution in [3.05, 3.63) is 35.6 Å². The van der Waals surface area contributed by atoms with Crippen molar-refractivity contribution in [3.8, 4) is 6.07 Å². The lowest BCUT2D eigenvalue weighted by molar-refractivity contribution is 0.472. The van der Waals surface area contributed by atoms with Gasteiger partial charge in [-0.15, -0.1) is 0 Å². The van der Waals surface area contributed by atoms with Gasteiger partial charge < -0.3 is 5.32 Å². The maximum absolute atomic E-state index is 8.60. The Morgan fingerprint density at radius 3 is 2.94 bits per heavy atom. The van der Waals surface area contributed by atoms with Gasteiger partial charge in [0.1, 0.15) is 0 Å². The van der Waals surface area contributed by atoms with Crippen LogP contribution in [0.4, 0.5) is 0 Å². The summed E-state index contributed by atoms with van der Waals surface area (Å²) >= 11 is 0. The third-order valence-electron chi connectivity index (χ3n) is 2.79. The Balaban J connectivity index is 2.53. The largest absolute Gasteiger partial charge is 0.385 e. The van der Waals surface area contributed by atoms with Gasteiger partial charge in [-0.25, -0.2) is 0 Å². The summed E-state index contributed by atoms with van der Waals surface area (Å²) in [5, 5.41) is 12.0. The first-order chi connectivity index (χ1) is 7.44. The van der Waals surface area contributed by atoms with Crippen LogP contribution < -0.4 is 5.32 Å². The Hall–Kier alpha value is -1.49. The summed E-state index contributed by atoms with van der Waals surface area (Å²) in [4.78, 5) is 0. The highest BCUT2D eigenvalue weighted by Crippen LogP contribution is 2.31. The van der Waals surface area contributed by atoms with Crippen molar-refractivity contribution in [1.29, 1.82) is 5.26 Å². The van der Waals surface area contributed by atoms with Crippen molar-refractivity contribution in [3.63, 3.8) is 0 Å². The molecule has 0 aromatic heterocycles. The van der Waals surface area contributed by atoms with Crippen molar-refractivity contribution in [2.24, 2.45) is 5.41 Å². The Morgan fingerprint density at radius 1 is 1.62 bits per heavy atom. The molecular formula is C14H20N2. The number of rotatable bonds is 4. The molecule has 2 heteroatoms. The van der Waals surface area contributed by atoms with Crippen LogP contribution in [-0.2, 0) is 0 Å². The van der Waals surface area contributed by atoms with Crippen LogP contribution in [0.3, 0.4) is 0 Å². The van der Waals surface area contributed by atoms with Crippen LogP contribution in [-0.4, -0.2) is 6.54 Å². The highest BCUT2D eigenvalue weighted by molar-refractivity contribution is 5.33. The minimum Gasteiger partial charge on any atom is -0.385 e. The number of hydrogen-bond donors (Lipinski definition) is 1. The van der Waals surface area contributed by atoms with E-state index in [-0.39, 0.29) is 5.41 Å². The fourth-order valence-corrected chi connectivity index (χ4v) is 1.68. The molecule has 0 bridgehead atoms. The zero-order chi connectivity index (χ0) is 12.2. The predicted molar refractivity (Wildman–Crippen MR) is 67.6 cm³/mol. The first-order valence-electron chi connectivity index (χ1n) is 5.66. The monoisotopic (exact) mass is 216 g/mol. The van der Waals surface area contributed by atoms with Gasteiger partial charge in [0, 0.05) is 17.8 Å². The van der Waals surface area contributed by atoms with Crippen molar-refractivity contribution >= 4 is 0 Å². The molecule has 0 fully saturated rings. The normalized spacial score (nSPS) is 18.1. The second-order valence-corrected chi connectivity index (χ2v) is 5.03. The van der Waals surface area contributed by atoms with Gasteiger partial charge in [-0.1, -0.05) is 32.6 Å². The smallest absolute Gasteiger partial charge is 0.0941 e. The highest BCUT2D eigenvalue weighted by atomic mass is 14.9. The van der Waals surface area contributed by atoms with Gasteiger partial charge in [-0.05, 0) is 30.8 Å². The van der Waals surface area contributed by atoms with E-state index in [2.05, 4.69) is 50.9 Å². The zero-order valence-corrected chi connectivity index (χ0v) is 10.4. The van der Waals surface area contributed by atoms with Gasteiger partial charge >= 0.3 is 0 Å². The molecule has 1 rings (SSSR count). The summed E-state index contributed by atoms with van der Waals surface area (Å²) in [5.74, 6) is 0. The molecule has 0 unspecified atom stereocenters. The van der Waals surface area contributed by atoms with Crippen LogP contribution in [0.1, 0.15) is 33.6 Å². The average Bonchev–Trinajstić information content (AvgIpc) is 2.22. The highest BCUT2D eigenvalue weighted by Gasteiger charge is 2.19. The summed E-state index contributed by atoms with van der Waals surface area (Å²) in [6.45, 7) is 11.0. The van der Waals surface area contributed by atoms with Crippen molar-refractivity contribution in [1.82, 2.24) is 5.32 Å². The second-order valence-electron chi connectivity index (χ2n) is 5.03. The zero-order valence-electron chi connectivity index (χ0n) is 10.4. The average molecular weight is 216 g/mol. The molecule has 2 nitrogen and oxygen atoms in total. The van der Waals surface area contributed by atoms with E-state index in [0.717, 1.165) is 13.0 Å². The molecule has 0 radical (unpaired) electrons. The molecule has 1 aliphatic carbocycles. The van der Waals surface area contributed by atoms with Gasteiger partial charge in [0.15, 0.2) is 0 Å². The third kappa shape index (κ3) is 3.58. The molecule has 0 atom stereocenters. The molecule has 0 saturated carbocycles. The molecule has 0 spiro atoms. The molecule has 0 aliphatic heterocycles. The van der Waals surface area contributed by atoms with Crippen LogP contribution >= 0.6 is 0 Å². The molecule has 0 amide bonds. The molecule has 16 heavy (non-hydrogen) atoms. The molecule has 1 N–H and O–H groups in total. The SMILES string of the molecule is C=C(C#N)CCNC1=CC(C)(C)CC=C1C. The Morgan fingerprint density at radius 2 is 2.31 bits per heavy atom. The third-order valence-corrected chi connectivity index (χ3v) is 2.79. The standard InChI is InChI=1S/C14H20N2/c1-11(10-15)6-8-16-13-9-14(3,4)7-5-12(13)2/h5,9,16H,1,6-8H2,2-4H3. The minimum atomic E-state index is 0.230. The second kappa shape index (κ2) is 5.03. The maximum Gasteiger partial charge on any atom is 0.0941 e. The molecule has 0 heterocycles. The first kappa shape index (κ1) is 12.6. The summed E-state index contributed by atoms with van der Waals surface area (Å²) in [6, 6.07) is 2.06. The van der Waals surface area contributed by atoms with Gasteiger partial charge in [-0.3, -0.25) is 0 Å². The van der Waals surface area contributed by atoms with E-state index in [1.807, 2.05) is 0 Å². The predicted octanol–water partition coefficient (Wildman–Crippen LogP) is 3.31. The van der Waals surface area contributed by atoms with Crippen LogP contribution in [0.15, 0.2) is 35.6 Å². The first-order valence-corrected chi connectivity index (χ1v) is 5.66. The van der Waals surface area contributed by atoms with E-state index in [1.165, 1.54) is 11.3 Å². The van der Waals surface area contributed by atoms with Crippen LogP contribution in [0.2, 0.25) is 0 Å². The fourth-order valence-electron chi connectivity index (χ4n) is 1.68. The summed E-state index contributed by atoms with van der Waals surface area (Å²) in [6.07, 6.45) is 6.34. The van der Waals surface area contributed by atoms with Crippen molar-refractivity contribution in [2.45, 2.75) is 33.6 Å². The van der Waals surface area contributed by atoms with Crippen molar-refractivity contribution in [2.75, 3.05) is 6.54 Å². The van der Waals surface area contributed by atoms with Gasteiger partial charge in [-0.2, -0.15) is 5.26 Å². The molecule has 0 aromatic rings. The number of nitriles is 1. The van der Waals surface area contributed by atoms with E-state index in [9.17, 15) is 0 Å². The Kier molecular flexibility index (Phi) is 3.95. The lowest BCUT2D eigenvalue weighted by atomic mass is 9.83. The quantitative estimate of drug-likeness (QED) is 0.732. The summed E-state index contributed by atoms with van der Waals surface area (Å²) in [7, 11) is 0. The summed E-state index contributed by atoms with van der Waals surface area (Å²) in [5.41, 5.74) is 3.35. The van der Waals surface area contributed by atoms with Crippen molar-refractivity contribution < 1.29 is 0 Å². The molecule has 0 saturated heterocycles. The number of nitrogens with one attached hydrogen (secondary N) is 1. The van der Waals surface area contributed by atoms with E-state index < -0.39 is 0 Å². The topological polar surface area (TPSA) is 35.8 Å². The minimum absolute atomic E-state index is 0.230. The van der Waals surface area contributed by atoms with E-state index in [4.69, 9.17) is 5.26 Å². The Labute approximate surface area is 98.4 Å². The number of allylic oxidation sites excluding steroid dienone is 3. The van der Waals surface area contributed by atoms with Gasteiger partial charge in [0.05, 0.1) is 6.07 Å². The molecule has 86 valence electrons. The van der Waals surface area contributed by atoms with Crippen LogP contribution in [0.5, 0.6) is 0 Å². The van der Waals surface area contributed by atoms with E-state index in [0.29, 0.717) is 12.0 Å². The maximum atomic E-state index is 8.60. The lowest BCUT2D eigenvalue weighted by Crippen LogP contribution is -2.22. The molecule has 1 aliphatic rings. The van der Waals surface area contributed by atoms with Gasteiger partial charge in [0.2, 0.25) is 0 Å². The van der Waals surface area contributed by atoms with Gasteiger partial charge in [0.25, 0.3) is 0 Å². The molecular weight excluding hydrogens is 196 g/mol. The molecule has 0 aromatic carbocycles. The number of nitrogens with zero attached hydrogens (tertiary/aromatic N) is 1. The van der Waals surface area contributed by atoms with Crippen LogP contribution in [0.25, 0.3) is 0 Å². The lowest BCUT2D eigenvalue weighted by Gasteiger charge is -2.26. The summed E-state index contributed by atoms with van der Waals surface area (Å²) < 4.78 is 0. The Bertz CT molecular complexity index is 378. The van der Waals surface area contributed by atoms with E-state index >= 15 is 0 Å². The fraction of sp³-hybridized carbons (Fsp3) is 0.500.